The highest BCUT2D eigenvalue weighted by atomic mass is 127. The molecule has 1 fully saturated rings. The molecule has 0 aromatic rings. The van der Waals surface area contributed by atoms with E-state index in [1.165, 1.54) is 5.06 Å². The highest BCUT2D eigenvalue weighted by Crippen LogP contribution is 2.55. The number of nitrogens with one attached hydrogen (secondary N) is 3. The Labute approximate surface area is 124 Å². The quantitative estimate of drug-likeness (QED) is 0.340. The van der Waals surface area contributed by atoms with E-state index in [4.69, 9.17) is 0 Å². The second-order valence-electron chi connectivity index (χ2n) is 6.16. The Kier molecular flexibility index (Phi) is 4.44. The second-order valence-corrected chi connectivity index (χ2v) is 8.00. The average Bonchev–Trinajstić information content (AvgIpc) is 2.41. The molecule has 0 aromatic carbocycles. The summed E-state index contributed by atoms with van der Waals surface area (Å²) in [6, 6.07) is 0. The summed E-state index contributed by atoms with van der Waals surface area (Å²) in [5, 5.41) is 22.0. The molecule has 1 rings (SSSR count). The van der Waals surface area contributed by atoms with E-state index in [1.54, 1.807) is 0 Å². The lowest BCUT2D eigenvalue weighted by molar-refractivity contribution is -0.197. The molecule has 0 aromatic heterocycles. The van der Waals surface area contributed by atoms with Crippen molar-refractivity contribution in [2.75, 3.05) is 21.1 Å². The van der Waals surface area contributed by atoms with E-state index in [-0.39, 0.29) is 14.5 Å². The van der Waals surface area contributed by atoms with E-state index in [2.05, 4.69) is 66.2 Å². The first-order valence-corrected chi connectivity index (χ1v) is 7.37. The van der Waals surface area contributed by atoms with E-state index in [0.29, 0.717) is 0 Å². The molecular weight excluding hydrogens is 343 g/mol. The lowest BCUT2D eigenvalue weighted by Crippen LogP contribution is -2.78. The molecular formula is C12H27IN4O. The number of hydrogen-bond donors (Lipinski definition) is 4. The van der Waals surface area contributed by atoms with Crippen LogP contribution in [0.4, 0.5) is 0 Å². The van der Waals surface area contributed by atoms with Crippen LogP contribution in [0.25, 0.3) is 0 Å². The van der Waals surface area contributed by atoms with Crippen molar-refractivity contribution < 1.29 is 5.21 Å². The van der Waals surface area contributed by atoms with Gasteiger partial charge in [-0.2, -0.15) is 5.06 Å². The summed E-state index contributed by atoms with van der Waals surface area (Å²) in [7, 11) is 5.78. The average molecular weight is 370 g/mol. The Balaban J connectivity index is 3.36. The van der Waals surface area contributed by atoms with Crippen LogP contribution in [0, 0.1) is 0 Å². The molecule has 0 aliphatic carbocycles. The van der Waals surface area contributed by atoms with Crippen LogP contribution >= 0.6 is 22.6 Å². The molecule has 1 unspecified atom stereocenters. The van der Waals surface area contributed by atoms with Crippen molar-refractivity contribution in [2.24, 2.45) is 0 Å². The molecule has 18 heavy (non-hydrogen) atoms. The molecule has 0 spiro atoms. The third-order valence-electron chi connectivity index (χ3n) is 4.47. The van der Waals surface area contributed by atoms with Crippen LogP contribution in [0.2, 0.25) is 0 Å². The summed E-state index contributed by atoms with van der Waals surface area (Å²) in [5.41, 5.74) is -0.646. The molecule has 1 aliphatic heterocycles. The predicted molar refractivity (Wildman–Crippen MR) is 83.1 cm³/mol. The Hall–Kier alpha value is 0.530. The smallest absolute Gasteiger partial charge is 0.139 e. The van der Waals surface area contributed by atoms with Crippen molar-refractivity contribution in [2.45, 2.75) is 54.4 Å². The van der Waals surface area contributed by atoms with Gasteiger partial charge in [-0.3, -0.25) is 16.0 Å². The van der Waals surface area contributed by atoms with Crippen molar-refractivity contribution >= 4 is 22.6 Å². The molecule has 1 saturated heterocycles. The molecule has 1 heterocycles. The fourth-order valence-electron chi connectivity index (χ4n) is 3.37. The SMILES string of the molecule is CNC(NC)(NC)C1(I)CC(C)(C)N(O)C1(C)C. The van der Waals surface area contributed by atoms with Crippen LogP contribution in [0.5, 0.6) is 0 Å². The van der Waals surface area contributed by atoms with E-state index in [0.717, 1.165) is 6.42 Å². The molecule has 1 atom stereocenters. The summed E-state index contributed by atoms with van der Waals surface area (Å²) in [5.74, 6) is -0.453. The fraction of sp³-hybridized carbons (Fsp3) is 1.00. The fourth-order valence-corrected chi connectivity index (χ4v) is 5.34. The Bertz CT molecular complexity index is 309. The zero-order chi connectivity index (χ0) is 14.4. The van der Waals surface area contributed by atoms with Gasteiger partial charge in [-0.05, 0) is 55.3 Å². The van der Waals surface area contributed by atoms with Crippen LogP contribution in [-0.4, -0.2) is 51.7 Å². The summed E-state index contributed by atoms with van der Waals surface area (Å²) >= 11 is 2.47. The summed E-state index contributed by atoms with van der Waals surface area (Å²) in [6.45, 7) is 8.30. The first-order chi connectivity index (χ1) is 8.04. The molecule has 0 amide bonds. The van der Waals surface area contributed by atoms with Gasteiger partial charge in [-0.25, -0.2) is 0 Å². The van der Waals surface area contributed by atoms with Gasteiger partial charge >= 0.3 is 0 Å². The van der Waals surface area contributed by atoms with E-state index in [1.807, 2.05) is 21.1 Å². The third kappa shape index (κ3) is 1.92. The van der Waals surface area contributed by atoms with Gasteiger partial charge in [0.15, 0.2) is 0 Å². The third-order valence-corrected chi connectivity index (χ3v) is 6.98. The zero-order valence-electron chi connectivity index (χ0n) is 12.5. The normalized spacial score (nSPS) is 31.8. The minimum atomic E-state index is -0.453. The van der Waals surface area contributed by atoms with Gasteiger partial charge in [0, 0.05) is 5.54 Å². The van der Waals surface area contributed by atoms with Crippen molar-refractivity contribution in [1.29, 1.82) is 0 Å². The number of halogens is 1. The minimum Gasteiger partial charge on any atom is -0.313 e. The maximum absolute atomic E-state index is 10.5. The molecule has 5 nitrogen and oxygen atoms in total. The van der Waals surface area contributed by atoms with Crippen LogP contribution in [0.1, 0.15) is 34.1 Å². The van der Waals surface area contributed by atoms with Crippen LogP contribution in [0.3, 0.4) is 0 Å². The molecule has 6 heteroatoms. The van der Waals surface area contributed by atoms with Gasteiger partial charge in [-0.1, -0.05) is 22.6 Å². The number of hydrogen-bond acceptors (Lipinski definition) is 5. The minimum absolute atomic E-state index is 0.228. The first kappa shape index (κ1) is 16.6. The Morgan fingerprint density at radius 3 is 1.67 bits per heavy atom. The molecule has 0 saturated carbocycles. The van der Waals surface area contributed by atoms with Crippen molar-refractivity contribution in [3.8, 4) is 0 Å². The molecule has 0 radical (unpaired) electrons. The van der Waals surface area contributed by atoms with E-state index >= 15 is 0 Å². The zero-order valence-corrected chi connectivity index (χ0v) is 14.6. The number of nitrogens with zero attached hydrogens (tertiary/aromatic N) is 1. The van der Waals surface area contributed by atoms with Crippen LogP contribution in [0.15, 0.2) is 0 Å². The molecule has 108 valence electrons. The lowest BCUT2D eigenvalue weighted by atomic mass is 9.80. The van der Waals surface area contributed by atoms with Gasteiger partial charge in [-0.15, -0.1) is 0 Å². The predicted octanol–water partition coefficient (Wildman–Crippen LogP) is 1.12. The van der Waals surface area contributed by atoms with E-state index in [9.17, 15) is 5.21 Å². The van der Waals surface area contributed by atoms with Gasteiger partial charge in [0.1, 0.15) is 5.79 Å². The Morgan fingerprint density at radius 1 is 1.06 bits per heavy atom. The van der Waals surface area contributed by atoms with Crippen LogP contribution < -0.4 is 16.0 Å². The van der Waals surface area contributed by atoms with Gasteiger partial charge in [0.25, 0.3) is 0 Å². The van der Waals surface area contributed by atoms with Crippen molar-refractivity contribution in [3.05, 3.63) is 0 Å². The summed E-state index contributed by atoms with van der Waals surface area (Å²) in [4.78, 5) is 0. The lowest BCUT2D eigenvalue weighted by Gasteiger charge is -2.51. The van der Waals surface area contributed by atoms with Gasteiger partial charge in [0.2, 0.25) is 0 Å². The van der Waals surface area contributed by atoms with Crippen molar-refractivity contribution in [1.82, 2.24) is 21.0 Å². The summed E-state index contributed by atoms with van der Waals surface area (Å²) < 4.78 is -0.228. The largest absolute Gasteiger partial charge is 0.313 e. The summed E-state index contributed by atoms with van der Waals surface area (Å²) in [6.07, 6.45) is 0.854. The second kappa shape index (κ2) is 4.82. The van der Waals surface area contributed by atoms with E-state index < -0.39 is 5.79 Å². The molecule has 4 N–H and O–H groups in total. The number of hydroxylamine groups is 2. The van der Waals surface area contributed by atoms with Crippen LogP contribution in [-0.2, 0) is 0 Å². The standard InChI is InChI=1S/C12H27IN4O/c1-9(2)8-11(13,10(3,4)17(9)18)12(14-5,15-6)16-7/h14-16,18H,8H2,1-7H3. The maximum atomic E-state index is 10.5. The van der Waals surface area contributed by atoms with Gasteiger partial charge in [0.05, 0.1) is 8.96 Å². The molecule has 1 aliphatic rings. The highest BCUT2D eigenvalue weighted by Gasteiger charge is 2.67. The van der Waals surface area contributed by atoms with Gasteiger partial charge < -0.3 is 5.21 Å². The molecule has 0 bridgehead atoms. The van der Waals surface area contributed by atoms with Crippen molar-refractivity contribution in [3.63, 3.8) is 0 Å². The highest BCUT2D eigenvalue weighted by molar-refractivity contribution is 14.1. The Morgan fingerprint density at radius 2 is 1.44 bits per heavy atom. The monoisotopic (exact) mass is 370 g/mol. The number of rotatable bonds is 4. The first-order valence-electron chi connectivity index (χ1n) is 6.29. The maximum Gasteiger partial charge on any atom is 0.139 e. The number of alkyl halides is 1. The topological polar surface area (TPSA) is 59.6 Å².